The Balaban J connectivity index is 1.15. The normalized spacial score (nSPS) is 11.3. The minimum absolute atomic E-state index is 0.752. The second-order valence-electron chi connectivity index (χ2n) is 10.3. The highest BCUT2D eigenvalue weighted by molar-refractivity contribution is 6.09. The number of para-hydroxylation sites is 2. The molecule has 0 aliphatic carbocycles. The van der Waals surface area contributed by atoms with Crippen LogP contribution in [0.1, 0.15) is 0 Å². The third kappa shape index (κ3) is 4.51. The maximum Gasteiger partial charge on any atom is 0.0901 e. The van der Waals surface area contributed by atoms with Gasteiger partial charge in [-0.15, -0.1) is 0 Å². The van der Waals surface area contributed by atoms with Crippen LogP contribution in [0.2, 0.25) is 0 Å². The smallest absolute Gasteiger partial charge is 0.0901 e. The van der Waals surface area contributed by atoms with Gasteiger partial charge in [-0.2, -0.15) is 0 Å². The van der Waals surface area contributed by atoms with E-state index in [9.17, 15) is 0 Å². The summed E-state index contributed by atoms with van der Waals surface area (Å²) in [5.41, 5.74) is 10.0. The summed E-state index contributed by atoms with van der Waals surface area (Å²) in [6.45, 7) is 0. The fraction of sp³-hybridized carbons (Fsp3) is 0. The number of nitrogens with zero attached hydrogens (tertiary/aromatic N) is 6. The molecule has 0 fully saturated rings. The minimum atomic E-state index is 0.752. The van der Waals surface area contributed by atoms with Gasteiger partial charge in [-0.1, -0.05) is 60.7 Å². The second kappa shape index (κ2) is 10.4. The highest BCUT2D eigenvalue weighted by Crippen LogP contribution is 2.33. The summed E-state index contributed by atoms with van der Waals surface area (Å²) in [7, 11) is 0. The summed E-state index contributed by atoms with van der Waals surface area (Å²) in [5, 5.41) is 2.49. The second-order valence-corrected chi connectivity index (χ2v) is 10.3. The van der Waals surface area contributed by atoms with Crippen molar-refractivity contribution in [3.8, 4) is 51.0 Å². The number of benzene rings is 3. The van der Waals surface area contributed by atoms with Crippen molar-refractivity contribution in [1.82, 2.24) is 29.5 Å². The predicted molar refractivity (Wildman–Crippen MR) is 171 cm³/mol. The zero-order valence-electron chi connectivity index (χ0n) is 23.0. The van der Waals surface area contributed by atoms with E-state index in [1.165, 1.54) is 21.8 Å². The van der Waals surface area contributed by atoms with E-state index in [2.05, 4.69) is 87.3 Å². The molecule has 8 aromatic rings. The SMILES string of the molecule is c1ccc(-c2cc(-c3cnc(-c4ccc(-n5c6ccccc6c6ccccc65)cc4)cn3)cc(-c3ccccn3)n2)nc1. The summed E-state index contributed by atoms with van der Waals surface area (Å²) in [6.07, 6.45) is 7.18. The summed E-state index contributed by atoms with van der Waals surface area (Å²) < 4.78 is 2.31. The van der Waals surface area contributed by atoms with Crippen molar-refractivity contribution in [3.05, 3.63) is 146 Å². The van der Waals surface area contributed by atoms with E-state index in [-0.39, 0.29) is 0 Å². The van der Waals surface area contributed by atoms with Crippen molar-refractivity contribution in [1.29, 1.82) is 0 Å². The molecule has 5 heterocycles. The fourth-order valence-corrected chi connectivity index (χ4v) is 5.58. The molecule has 0 unspecified atom stereocenters. The van der Waals surface area contributed by atoms with Gasteiger partial charge in [0.1, 0.15) is 0 Å². The lowest BCUT2D eigenvalue weighted by atomic mass is 10.1. The van der Waals surface area contributed by atoms with Crippen LogP contribution in [0, 0.1) is 0 Å². The van der Waals surface area contributed by atoms with Crippen molar-refractivity contribution in [2.24, 2.45) is 0 Å². The van der Waals surface area contributed by atoms with Crippen LogP contribution in [-0.4, -0.2) is 29.5 Å². The van der Waals surface area contributed by atoms with Crippen molar-refractivity contribution < 1.29 is 0 Å². The molecular formula is C37H24N6. The molecule has 0 bridgehead atoms. The first-order valence-electron chi connectivity index (χ1n) is 14.1. The first-order chi connectivity index (χ1) is 21.3. The van der Waals surface area contributed by atoms with Gasteiger partial charge in [0, 0.05) is 40.0 Å². The number of pyridine rings is 3. The highest BCUT2D eigenvalue weighted by Gasteiger charge is 2.13. The van der Waals surface area contributed by atoms with Crippen LogP contribution in [0.4, 0.5) is 0 Å². The summed E-state index contributed by atoms with van der Waals surface area (Å²) in [6, 6.07) is 41.2. The van der Waals surface area contributed by atoms with E-state index in [1.54, 1.807) is 12.4 Å². The molecule has 6 heteroatoms. The molecule has 202 valence electrons. The minimum Gasteiger partial charge on any atom is -0.309 e. The predicted octanol–water partition coefficient (Wildman–Crippen LogP) is 8.43. The molecule has 5 aromatic heterocycles. The zero-order valence-corrected chi connectivity index (χ0v) is 23.0. The Morgan fingerprint density at radius 2 is 0.907 bits per heavy atom. The molecule has 6 nitrogen and oxygen atoms in total. The molecule has 0 aliphatic rings. The van der Waals surface area contributed by atoms with E-state index in [1.807, 2.05) is 60.9 Å². The van der Waals surface area contributed by atoms with Crippen molar-refractivity contribution in [3.63, 3.8) is 0 Å². The van der Waals surface area contributed by atoms with Gasteiger partial charge in [0.05, 0.1) is 57.6 Å². The molecule has 0 atom stereocenters. The Labute approximate surface area is 248 Å². The van der Waals surface area contributed by atoms with Crippen LogP contribution >= 0.6 is 0 Å². The van der Waals surface area contributed by atoms with Gasteiger partial charge in [0.2, 0.25) is 0 Å². The molecule has 0 radical (unpaired) electrons. The van der Waals surface area contributed by atoms with Crippen LogP contribution < -0.4 is 0 Å². The van der Waals surface area contributed by atoms with E-state index in [0.29, 0.717) is 0 Å². The van der Waals surface area contributed by atoms with Gasteiger partial charge >= 0.3 is 0 Å². The average Bonchev–Trinajstić information content (AvgIpc) is 3.43. The molecule has 43 heavy (non-hydrogen) atoms. The molecule has 0 amide bonds. The van der Waals surface area contributed by atoms with Crippen LogP contribution in [-0.2, 0) is 0 Å². The summed E-state index contributed by atoms with van der Waals surface area (Å²) >= 11 is 0. The lowest BCUT2D eigenvalue weighted by Crippen LogP contribution is -1.96. The summed E-state index contributed by atoms with van der Waals surface area (Å²) in [4.78, 5) is 23.5. The number of aromatic nitrogens is 6. The van der Waals surface area contributed by atoms with E-state index in [4.69, 9.17) is 15.0 Å². The van der Waals surface area contributed by atoms with Crippen LogP contribution in [0.5, 0.6) is 0 Å². The van der Waals surface area contributed by atoms with E-state index < -0.39 is 0 Å². The van der Waals surface area contributed by atoms with Crippen LogP contribution in [0.15, 0.2) is 146 Å². The van der Waals surface area contributed by atoms with Crippen molar-refractivity contribution in [2.75, 3.05) is 0 Å². The Morgan fingerprint density at radius 1 is 0.395 bits per heavy atom. The quantitative estimate of drug-likeness (QED) is 0.214. The fourth-order valence-electron chi connectivity index (χ4n) is 5.58. The third-order valence-corrected chi connectivity index (χ3v) is 7.63. The number of rotatable bonds is 5. The van der Waals surface area contributed by atoms with E-state index in [0.717, 1.165) is 51.0 Å². The van der Waals surface area contributed by atoms with Crippen molar-refractivity contribution in [2.45, 2.75) is 0 Å². The lowest BCUT2D eigenvalue weighted by molar-refractivity contribution is 1.17. The first-order valence-corrected chi connectivity index (χ1v) is 14.1. The molecule has 0 saturated carbocycles. The Hall–Kier alpha value is -6.01. The Kier molecular flexibility index (Phi) is 6.01. The topological polar surface area (TPSA) is 69.4 Å². The number of hydrogen-bond acceptors (Lipinski definition) is 5. The molecular weight excluding hydrogens is 528 g/mol. The monoisotopic (exact) mass is 552 g/mol. The standard InChI is InChI=1S/C37H24N6/c1-3-13-36-28(9-1)29-10-2-4-14-37(29)43(36)27-17-15-25(16-18-27)34-23-41-35(24-40-34)26-21-32(30-11-5-7-19-38-30)42-33(22-26)31-12-6-8-20-39-31/h1-24H. The van der Waals surface area contributed by atoms with Gasteiger partial charge in [-0.05, 0) is 60.7 Å². The van der Waals surface area contributed by atoms with Gasteiger partial charge in [0.25, 0.3) is 0 Å². The Bertz CT molecular complexity index is 2090. The Morgan fingerprint density at radius 3 is 1.42 bits per heavy atom. The molecule has 3 aromatic carbocycles. The van der Waals surface area contributed by atoms with Crippen LogP contribution in [0.3, 0.4) is 0 Å². The lowest BCUT2D eigenvalue weighted by Gasteiger charge is -2.10. The number of fused-ring (bicyclic) bond motifs is 3. The maximum atomic E-state index is 4.86. The number of hydrogen-bond donors (Lipinski definition) is 0. The van der Waals surface area contributed by atoms with Gasteiger partial charge in [-0.25, -0.2) is 4.98 Å². The molecule has 0 N–H and O–H groups in total. The summed E-state index contributed by atoms with van der Waals surface area (Å²) in [5.74, 6) is 0. The molecule has 8 rings (SSSR count). The van der Waals surface area contributed by atoms with Gasteiger partial charge in [0.15, 0.2) is 0 Å². The highest BCUT2D eigenvalue weighted by atomic mass is 15.0. The van der Waals surface area contributed by atoms with Gasteiger partial charge in [-0.3, -0.25) is 19.9 Å². The molecule has 0 aliphatic heterocycles. The maximum absolute atomic E-state index is 4.86. The van der Waals surface area contributed by atoms with E-state index >= 15 is 0 Å². The van der Waals surface area contributed by atoms with Crippen LogP contribution in [0.25, 0.3) is 72.8 Å². The molecule has 0 saturated heterocycles. The average molecular weight is 553 g/mol. The van der Waals surface area contributed by atoms with Gasteiger partial charge < -0.3 is 4.57 Å². The van der Waals surface area contributed by atoms with Crippen molar-refractivity contribution >= 4 is 21.8 Å². The third-order valence-electron chi connectivity index (χ3n) is 7.63. The first kappa shape index (κ1) is 24.8. The zero-order chi connectivity index (χ0) is 28.6. The molecule has 0 spiro atoms. The largest absolute Gasteiger partial charge is 0.309 e.